The Morgan fingerprint density at radius 1 is 0.690 bits per heavy atom. The largest absolute Gasteiger partial charge is 1.00 e. The van der Waals surface area contributed by atoms with Crippen LogP contribution in [0.25, 0.3) is 21.5 Å². The van der Waals surface area contributed by atoms with Crippen molar-refractivity contribution in [1.29, 1.82) is 0 Å². The van der Waals surface area contributed by atoms with E-state index in [-0.39, 0.29) is 66.9 Å². The molecule has 2 unspecified atom stereocenters. The lowest BCUT2D eigenvalue weighted by atomic mass is 9.80. The van der Waals surface area contributed by atoms with Crippen LogP contribution in [0.15, 0.2) is 213 Å². The van der Waals surface area contributed by atoms with Gasteiger partial charge in [0.05, 0.1) is 34.6 Å². The van der Waals surface area contributed by atoms with Crippen molar-refractivity contribution in [2.24, 2.45) is 26.4 Å². The van der Waals surface area contributed by atoms with Crippen molar-refractivity contribution >= 4 is 97.0 Å². The van der Waals surface area contributed by atoms with E-state index in [0.29, 0.717) is 12.2 Å². The lowest BCUT2D eigenvalue weighted by Gasteiger charge is -2.38. The molecule has 1 amide bonds. The minimum absolute atomic E-state index is 0. The number of ether oxygens (including phenoxy) is 1. The number of allylic oxidation sites excluding steroid dienone is 7. The van der Waals surface area contributed by atoms with Crippen LogP contribution in [0.4, 0.5) is 45.5 Å². The maximum atomic E-state index is 13.2. The van der Waals surface area contributed by atoms with Crippen molar-refractivity contribution < 1.29 is 31.3 Å². The van der Waals surface area contributed by atoms with Crippen LogP contribution >= 0.6 is 12.4 Å². The topological polar surface area (TPSA) is 147 Å². The Hall–Kier alpha value is -8.39. The number of fused-ring (bicyclic) bond motifs is 3. The first-order chi connectivity index (χ1) is 41.3. The highest BCUT2D eigenvalue weighted by Crippen LogP contribution is 2.48. The number of carbonyl (C=O) groups excluding carboxylic acids is 2. The van der Waals surface area contributed by atoms with Gasteiger partial charge in [-0.1, -0.05) is 123 Å². The normalized spacial score (nSPS) is 18.7. The summed E-state index contributed by atoms with van der Waals surface area (Å²) in [6.45, 7) is 18.9. The first-order valence-electron chi connectivity index (χ1n) is 30.4. The van der Waals surface area contributed by atoms with E-state index in [1.165, 1.54) is 45.2 Å². The number of anilines is 3. The van der Waals surface area contributed by atoms with Crippen molar-refractivity contribution in [3.05, 3.63) is 204 Å². The highest BCUT2D eigenvalue weighted by Gasteiger charge is 2.44. The van der Waals surface area contributed by atoms with Crippen LogP contribution < -0.4 is 38.6 Å². The molecule has 7 aromatic rings. The molecule has 1 aliphatic carbocycles. The number of halogens is 2. The lowest BCUT2D eigenvalue weighted by Crippen LogP contribution is -3.00. The number of hydrogen-bond donors (Lipinski definition) is 4. The van der Waals surface area contributed by atoms with Crippen molar-refractivity contribution in [2.75, 3.05) is 48.3 Å². The quantitative estimate of drug-likeness (QED) is 0.0242. The molecule has 0 aromatic heterocycles. The van der Waals surface area contributed by atoms with Gasteiger partial charge in [-0.05, 0) is 132 Å². The molecule has 13 nitrogen and oxygen atoms in total. The van der Waals surface area contributed by atoms with Gasteiger partial charge in [-0.2, -0.15) is 9.69 Å². The van der Waals surface area contributed by atoms with Gasteiger partial charge in [0.15, 0.2) is 5.71 Å². The molecular weight excluding hydrogens is 1120 g/mol. The van der Waals surface area contributed by atoms with Crippen LogP contribution in [0.1, 0.15) is 105 Å². The lowest BCUT2D eigenvalue weighted by molar-refractivity contribution is -0.433. The molecule has 3 aliphatic heterocycles. The van der Waals surface area contributed by atoms with E-state index < -0.39 is 11.6 Å². The predicted molar refractivity (Wildman–Crippen MR) is 354 cm³/mol. The molecule has 4 aliphatic rings. The number of esters is 1. The second kappa shape index (κ2) is 27.5. The molecule has 0 bridgehead atoms. The Bertz CT molecular complexity index is 3890. The summed E-state index contributed by atoms with van der Waals surface area (Å²) in [6, 6.07) is 49.0. The average molecular weight is 1200 g/mol. The summed E-state index contributed by atoms with van der Waals surface area (Å²) < 4.78 is 8.29. The first-order valence-corrected chi connectivity index (χ1v) is 30.4. The fourth-order valence-electron chi connectivity index (χ4n) is 12.9. The zero-order valence-corrected chi connectivity index (χ0v) is 52.6. The van der Waals surface area contributed by atoms with Crippen LogP contribution in [0.2, 0.25) is 0 Å². The average Bonchev–Trinajstić information content (AvgIpc) is 1.85. The van der Waals surface area contributed by atoms with Crippen molar-refractivity contribution in [1.82, 2.24) is 10.6 Å². The molecule has 2 atom stereocenters. The fraction of sp³-hybridized carbons (Fsp3) is 0.319. The van der Waals surface area contributed by atoms with Crippen LogP contribution in [0, 0.1) is 5.92 Å². The van der Waals surface area contributed by atoms with E-state index in [1.54, 1.807) is 0 Å². The highest BCUT2D eigenvalue weighted by molar-refractivity contribution is 6.10. The van der Waals surface area contributed by atoms with Crippen molar-refractivity contribution in [3.63, 3.8) is 0 Å². The summed E-state index contributed by atoms with van der Waals surface area (Å²) in [4.78, 5) is 28.7. The molecule has 4 N–H and O–H groups in total. The minimum atomic E-state index is -0.807. The number of nitrogens with one attached hydrogen (secondary N) is 4. The molecule has 0 radical (unpaired) electrons. The van der Waals surface area contributed by atoms with Gasteiger partial charge in [-0.25, -0.2) is 0 Å². The number of hydrogen-bond acceptors (Lipinski definition) is 11. The SMILES string of the molecule is CCN1C(=C/C=C/C2=C(NCCCCNC(=O)CCC(=O)OCC3(C)Nc4cccc5c(N=Nc6ccc(N=Nc7ccccc7)c7ccccc67)ccc(c45)N3)C(/C=C/C3=[N+](CC)c4ccccc4C3(C)C)CCC2)C(C)(C)c2ccccc21.Cl.[Cl-]. The summed E-state index contributed by atoms with van der Waals surface area (Å²) in [5, 5.41) is 36.3. The summed E-state index contributed by atoms with van der Waals surface area (Å²) in [6.07, 6.45) is 16.7. The van der Waals surface area contributed by atoms with Crippen molar-refractivity contribution in [3.8, 4) is 0 Å². The second-order valence-corrected chi connectivity index (χ2v) is 23.8. The summed E-state index contributed by atoms with van der Waals surface area (Å²) in [7, 11) is 0. The molecule has 87 heavy (non-hydrogen) atoms. The Morgan fingerprint density at radius 3 is 2.06 bits per heavy atom. The minimum Gasteiger partial charge on any atom is -1.00 e. The third kappa shape index (κ3) is 13.5. The van der Waals surface area contributed by atoms with Gasteiger partial charge in [-0.15, -0.1) is 27.7 Å². The number of likely N-dealkylation sites (N-methyl/N-ethyl adjacent to an activating group) is 1. The Balaban J connectivity index is 0.00000451. The molecule has 0 fully saturated rings. The second-order valence-electron chi connectivity index (χ2n) is 23.8. The van der Waals surface area contributed by atoms with Gasteiger partial charge >= 0.3 is 5.97 Å². The predicted octanol–water partition coefficient (Wildman–Crippen LogP) is 14.6. The Kier molecular flexibility index (Phi) is 20.0. The molecule has 3 heterocycles. The van der Waals surface area contributed by atoms with E-state index in [9.17, 15) is 9.59 Å². The monoisotopic (exact) mass is 1200 g/mol. The number of azo groups is 2. The van der Waals surface area contributed by atoms with Gasteiger partial charge in [0.25, 0.3) is 0 Å². The molecular formula is C72H80Cl2N10O3. The number of carbonyl (C=O) groups is 2. The summed E-state index contributed by atoms with van der Waals surface area (Å²) in [5.74, 6) is -0.361. The molecule has 15 heteroatoms. The van der Waals surface area contributed by atoms with Gasteiger partial charge in [-0.3, -0.25) is 9.59 Å². The maximum absolute atomic E-state index is 13.2. The third-order valence-corrected chi connectivity index (χ3v) is 17.3. The number of nitrogens with zero attached hydrogens (tertiary/aromatic N) is 6. The van der Waals surface area contributed by atoms with Crippen LogP contribution in [0.5, 0.6) is 0 Å². The van der Waals surface area contributed by atoms with E-state index in [2.05, 4.69) is 161 Å². The van der Waals surface area contributed by atoms with Gasteiger partial charge < -0.3 is 43.3 Å². The van der Waals surface area contributed by atoms with Gasteiger partial charge in [0, 0.05) is 105 Å². The molecule has 7 aromatic carbocycles. The van der Waals surface area contributed by atoms with Crippen LogP contribution in [0.3, 0.4) is 0 Å². The number of benzene rings is 7. The van der Waals surface area contributed by atoms with Crippen LogP contribution in [-0.2, 0) is 25.2 Å². The Labute approximate surface area is 524 Å². The van der Waals surface area contributed by atoms with Gasteiger partial charge in [0.1, 0.15) is 18.8 Å². The number of para-hydroxylation sites is 2. The van der Waals surface area contributed by atoms with E-state index in [1.807, 2.05) is 104 Å². The smallest absolute Gasteiger partial charge is 0.306 e. The van der Waals surface area contributed by atoms with E-state index in [0.717, 1.165) is 102 Å². The highest BCUT2D eigenvalue weighted by atomic mass is 35.5. The zero-order chi connectivity index (χ0) is 59.1. The van der Waals surface area contributed by atoms with E-state index >= 15 is 0 Å². The standard InChI is InChI=1S/C72H78N10O3.2ClH/c1-8-81-62-35-17-15-32-55(62)70(3,4)64(81)37-22-26-49-24-21-25-50(38-43-65-71(5,6)56-33-16-18-36-63(56)82(65)9-2)69(49)74-47-20-19-46-73-66(83)44-45-67(84)85-48-72(7)75-60-34-23-31-54-59(41-42-61(76-72)68(54)60)80-79-58-40-39-57(52-29-13-14-30-53(52)58)78-77-51-27-11-10-12-28-51;;/h10-18,22-23,26-43,50,74H,8-9,19-21,24-25,44-48H2,1-7H3,(H2-,73,75,76,77,79,83);2*1H/b26-22+,43-38+,64-37?;;. The molecule has 11 rings (SSSR count). The first kappa shape index (κ1) is 63.1. The molecule has 0 saturated heterocycles. The molecule has 0 spiro atoms. The van der Waals surface area contributed by atoms with Crippen molar-refractivity contribution in [2.45, 2.75) is 110 Å². The van der Waals surface area contributed by atoms with E-state index in [4.69, 9.17) is 15.0 Å². The number of rotatable bonds is 21. The number of unbranched alkanes of at least 4 members (excludes halogenated alkanes) is 1. The van der Waals surface area contributed by atoms with Crippen LogP contribution in [-0.4, -0.2) is 60.6 Å². The molecule has 0 saturated carbocycles. The Morgan fingerprint density at radius 2 is 1.32 bits per heavy atom. The molecule has 450 valence electrons. The number of amides is 1. The zero-order valence-electron chi connectivity index (χ0n) is 51.0. The maximum Gasteiger partial charge on any atom is 0.306 e. The summed E-state index contributed by atoms with van der Waals surface area (Å²) >= 11 is 0. The summed E-state index contributed by atoms with van der Waals surface area (Å²) in [5.41, 5.74) is 14.3. The fourth-order valence-corrected chi connectivity index (χ4v) is 12.9. The third-order valence-electron chi connectivity index (χ3n) is 17.3. The van der Waals surface area contributed by atoms with Gasteiger partial charge in [0.2, 0.25) is 11.6 Å².